The van der Waals surface area contributed by atoms with Crippen LogP contribution in [0.1, 0.15) is 32.4 Å². The second-order valence-electron chi connectivity index (χ2n) is 6.24. The number of ether oxygens (including phenoxy) is 2. The minimum absolute atomic E-state index is 0.0802. The molecule has 0 aromatic heterocycles. The van der Waals surface area contributed by atoms with Crippen LogP contribution in [0.25, 0.3) is 0 Å². The average Bonchev–Trinajstić information content (AvgIpc) is 2.68. The molecular formula is C20H25N3O5. The van der Waals surface area contributed by atoms with E-state index in [-0.39, 0.29) is 23.3 Å². The van der Waals surface area contributed by atoms with Gasteiger partial charge in [-0.05, 0) is 44.5 Å². The number of nitro benzene ring substituents is 1. The molecule has 2 atom stereocenters. The predicted molar refractivity (Wildman–Crippen MR) is 107 cm³/mol. The molecule has 0 fully saturated rings. The Morgan fingerprint density at radius 1 is 1.18 bits per heavy atom. The van der Waals surface area contributed by atoms with Crippen molar-refractivity contribution in [1.29, 1.82) is 0 Å². The van der Waals surface area contributed by atoms with Crippen molar-refractivity contribution >= 4 is 17.3 Å². The van der Waals surface area contributed by atoms with Crippen molar-refractivity contribution in [3.63, 3.8) is 0 Å². The van der Waals surface area contributed by atoms with E-state index in [4.69, 9.17) is 9.47 Å². The number of nitrogens with zero attached hydrogens (tertiary/aromatic N) is 1. The molecule has 0 spiro atoms. The molecule has 1 amide bonds. The SMILES string of the molecule is CCOc1ccc([C@H](C)N[C@H](C)C(=O)Nc2cc([N+](=O)[O-])ccc2OC)cc1. The Morgan fingerprint density at radius 2 is 1.86 bits per heavy atom. The van der Waals surface area contributed by atoms with Crippen molar-refractivity contribution in [1.82, 2.24) is 5.32 Å². The van der Waals surface area contributed by atoms with Crippen LogP contribution in [0.5, 0.6) is 11.5 Å². The number of anilines is 1. The monoisotopic (exact) mass is 387 g/mol. The van der Waals surface area contributed by atoms with Crippen molar-refractivity contribution in [3.05, 3.63) is 58.1 Å². The summed E-state index contributed by atoms with van der Waals surface area (Å²) in [5.41, 5.74) is 1.14. The van der Waals surface area contributed by atoms with Gasteiger partial charge in [-0.3, -0.25) is 20.2 Å². The molecule has 2 aromatic rings. The van der Waals surface area contributed by atoms with Gasteiger partial charge < -0.3 is 14.8 Å². The van der Waals surface area contributed by atoms with Crippen LogP contribution in [0, 0.1) is 10.1 Å². The van der Waals surface area contributed by atoms with E-state index in [1.807, 2.05) is 38.1 Å². The zero-order chi connectivity index (χ0) is 20.7. The Morgan fingerprint density at radius 3 is 2.43 bits per heavy atom. The lowest BCUT2D eigenvalue weighted by Crippen LogP contribution is -2.39. The molecule has 0 bridgehead atoms. The number of carbonyl (C=O) groups is 1. The molecule has 0 saturated carbocycles. The number of benzene rings is 2. The summed E-state index contributed by atoms with van der Waals surface area (Å²) < 4.78 is 10.6. The summed E-state index contributed by atoms with van der Waals surface area (Å²) in [4.78, 5) is 23.0. The van der Waals surface area contributed by atoms with Crippen molar-refractivity contribution in [2.75, 3.05) is 19.0 Å². The van der Waals surface area contributed by atoms with Gasteiger partial charge in [-0.2, -0.15) is 0 Å². The van der Waals surface area contributed by atoms with Crippen LogP contribution < -0.4 is 20.1 Å². The van der Waals surface area contributed by atoms with Gasteiger partial charge in [-0.1, -0.05) is 12.1 Å². The Balaban J connectivity index is 2.04. The maximum atomic E-state index is 12.5. The molecule has 8 nitrogen and oxygen atoms in total. The van der Waals surface area contributed by atoms with E-state index < -0.39 is 11.0 Å². The smallest absolute Gasteiger partial charge is 0.271 e. The van der Waals surface area contributed by atoms with E-state index in [9.17, 15) is 14.9 Å². The van der Waals surface area contributed by atoms with Gasteiger partial charge in [0.05, 0.1) is 30.4 Å². The fourth-order valence-electron chi connectivity index (χ4n) is 2.71. The number of hydrogen-bond acceptors (Lipinski definition) is 6. The van der Waals surface area contributed by atoms with E-state index in [2.05, 4.69) is 10.6 Å². The zero-order valence-corrected chi connectivity index (χ0v) is 16.4. The van der Waals surface area contributed by atoms with E-state index in [1.54, 1.807) is 6.92 Å². The van der Waals surface area contributed by atoms with Crippen LogP contribution in [0.3, 0.4) is 0 Å². The molecule has 2 rings (SSSR count). The maximum Gasteiger partial charge on any atom is 0.271 e. The lowest BCUT2D eigenvalue weighted by atomic mass is 10.1. The van der Waals surface area contributed by atoms with Crippen molar-refractivity contribution in [2.45, 2.75) is 32.9 Å². The van der Waals surface area contributed by atoms with Gasteiger partial charge in [0.2, 0.25) is 5.91 Å². The molecule has 2 N–H and O–H groups in total. The third-order valence-corrected chi connectivity index (χ3v) is 4.24. The zero-order valence-electron chi connectivity index (χ0n) is 16.4. The van der Waals surface area contributed by atoms with Crippen molar-refractivity contribution < 1.29 is 19.2 Å². The average molecular weight is 387 g/mol. The van der Waals surface area contributed by atoms with E-state index in [0.717, 1.165) is 11.3 Å². The molecular weight excluding hydrogens is 362 g/mol. The first-order valence-electron chi connectivity index (χ1n) is 8.97. The summed E-state index contributed by atoms with van der Waals surface area (Å²) in [6.07, 6.45) is 0. The van der Waals surface area contributed by atoms with Crippen molar-refractivity contribution in [2.24, 2.45) is 0 Å². The topological polar surface area (TPSA) is 103 Å². The summed E-state index contributed by atoms with van der Waals surface area (Å²) in [6, 6.07) is 11.1. The Kier molecular flexibility index (Phi) is 7.34. The van der Waals surface area contributed by atoms with E-state index >= 15 is 0 Å². The number of nitrogens with one attached hydrogen (secondary N) is 2. The minimum atomic E-state index is -0.537. The first kappa shape index (κ1) is 21.2. The maximum absolute atomic E-state index is 12.5. The molecule has 0 radical (unpaired) electrons. The van der Waals surface area contributed by atoms with E-state index in [1.165, 1.54) is 25.3 Å². The largest absolute Gasteiger partial charge is 0.495 e. The summed E-state index contributed by atoms with van der Waals surface area (Å²) in [6.45, 7) is 6.21. The first-order chi connectivity index (χ1) is 13.3. The summed E-state index contributed by atoms with van der Waals surface area (Å²) in [5, 5.41) is 16.9. The number of non-ortho nitro benzene ring substituents is 1. The molecule has 0 aliphatic carbocycles. The minimum Gasteiger partial charge on any atom is -0.495 e. The molecule has 0 heterocycles. The number of carbonyl (C=O) groups excluding carboxylic acids is 1. The van der Waals surface area contributed by atoms with Crippen molar-refractivity contribution in [3.8, 4) is 11.5 Å². The van der Waals surface area contributed by atoms with E-state index in [0.29, 0.717) is 12.4 Å². The fourth-order valence-corrected chi connectivity index (χ4v) is 2.71. The number of methoxy groups -OCH3 is 1. The normalized spacial score (nSPS) is 12.7. The standard InChI is InChI=1S/C20H25N3O5/c1-5-28-17-9-6-15(7-10-17)13(2)21-14(3)20(24)22-18-12-16(23(25)26)8-11-19(18)27-4/h6-14,21H,5H2,1-4H3,(H,22,24)/t13-,14+/m0/s1. The van der Waals surface area contributed by atoms with Gasteiger partial charge in [-0.15, -0.1) is 0 Å². The fraction of sp³-hybridized carbons (Fsp3) is 0.350. The second-order valence-corrected chi connectivity index (χ2v) is 6.24. The number of rotatable bonds is 9. The van der Waals surface area contributed by atoms with Crippen LogP contribution in [0.4, 0.5) is 11.4 Å². The van der Waals surface area contributed by atoms with Gasteiger partial charge in [0.25, 0.3) is 5.69 Å². The Hall–Kier alpha value is -3.13. The number of hydrogen-bond donors (Lipinski definition) is 2. The molecule has 0 aliphatic rings. The highest BCUT2D eigenvalue weighted by molar-refractivity contribution is 5.96. The molecule has 28 heavy (non-hydrogen) atoms. The second kappa shape index (κ2) is 9.70. The highest BCUT2D eigenvalue weighted by Gasteiger charge is 2.19. The van der Waals surface area contributed by atoms with Gasteiger partial charge in [0.15, 0.2) is 0 Å². The number of amides is 1. The molecule has 0 unspecified atom stereocenters. The van der Waals surface area contributed by atoms with Gasteiger partial charge in [0, 0.05) is 18.2 Å². The van der Waals surface area contributed by atoms with Crippen LogP contribution in [-0.2, 0) is 4.79 Å². The molecule has 0 saturated heterocycles. The summed E-state index contributed by atoms with van der Waals surface area (Å²) >= 11 is 0. The lowest BCUT2D eigenvalue weighted by molar-refractivity contribution is -0.384. The van der Waals surface area contributed by atoms with Crippen LogP contribution in [-0.4, -0.2) is 30.6 Å². The predicted octanol–water partition coefficient (Wildman–Crippen LogP) is 3.68. The highest BCUT2D eigenvalue weighted by atomic mass is 16.6. The highest BCUT2D eigenvalue weighted by Crippen LogP contribution is 2.29. The van der Waals surface area contributed by atoms with Gasteiger partial charge in [-0.25, -0.2) is 0 Å². The summed E-state index contributed by atoms with van der Waals surface area (Å²) in [7, 11) is 1.44. The van der Waals surface area contributed by atoms with Gasteiger partial charge >= 0.3 is 0 Å². The van der Waals surface area contributed by atoms with Crippen LogP contribution in [0.2, 0.25) is 0 Å². The third-order valence-electron chi connectivity index (χ3n) is 4.24. The first-order valence-corrected chi connectivity index (χ1v) is 8.97. The summed E-state index contributed by atoms with van der Waals surface area (Å²) in [5.74, 6) is 0.823. The number of nitro groups is 1. The quantitative estimate of drug-likeness (QED) is 0.503. The van der Waals surface area contributed by atoms with Gasteiger partial charge in [0.1, 0.15) is 11.5 Å². The van der Waals surface area contributed by atoms with Crippen LogP contribution in [0.15, 0.2) is 42.5 Å². The molecule has 2 aromatic carbocycles. The van der Waals surface area contributed by atoms with Crippen LogP contribution >= 0.6 is 0 Å². The Labute approximate surface area is 164 Å². The lowest BCUT2D eigenvalue weighted by Gasteiger charge is -2.20. The molecule has 8 heteroatoms. The third kappa shape index (κ3) is 5.43. The molecule has 0 aliphatic heterocycles. The molecule has 150 valence electrons. The Bertz CT molecular complexity index is 823.